The average molecular weight is 392 g/mol. The molecule has 0 aliphatic rings. The molecule has 0 radical (unpaired) electrons. The normalized spacial score (nSPS) is 12.6. The summed E-state index contributed by atoms with van der Waals surface area (Å²) in [5.41, 5.74) is 3.33. The van der Waals surface area contributed by atoms with Crippen LogP contribution >= 0.6 is 0 Å². The molecule has 4 rings (SSSR count). The molecule has 28 heavy (non-hydrogen) atoms. The van der Waals surface area contributed by atoms with Crippen molar-refractivity contribution in [3.63, 3.8) is 0 Å². The molecule has 4 aromatic rings. The van der Waals surface area contributed by atoms with E-state index in [4.69, 9.17) is 4.43 Å². The second-order valence-electron chi connectivity index (χ2n) is 8.73. The quantitative estimate of drug-likeness (QED) is 0.456. The first-order chi connectivity index (χ1) is 13.1. The maximum atomic E-state index is 12.5. The third-order valence-corrected chi connectivity index (χ3v) is 9.98. The molecule has 0 saturated carbocycles. The summed E-state index contributed by atoms with van der Waals surface area (Å²) in [6.07, 6.45) is 0. The molecule has 0 unspecified atom stereocenters. The zero-order chi connectivity index (χ0) is 20.1. The van der Waals surface area contributed by atoms with E-state index in [1.807, 2.05) is 48.5 Å². The Morgan fingerprint density at radius 2 is 1.71 bits per heavy atom. The zero-order valence-corrected chi connectivity index (χ0v) is 17.9. The fraction of sp³-hybridized carbons (Fsp3) is 0.273. The van der Waals surface area contributed by atoms with E-state index in [0.29, 0.717) is 11.4 Å². The summed E-state index contributed by atoms with van der Waals surface area (Å²) in [7, 11) is -1.91. The van der Waals surface area contributed by atoms with E-state index in [-0.39, 0.29) is 10.6 Å². The summed E-state index contributed by atoms with van der Waals surface area (Å²) in [4.78, 5) is 23.3. The van der Waals surface area contributed by atoms with Gasteiger partial charge in [0, 0.05) is 10.9 Å². The summed E-state index contributed by atoms with van der Waals surface area (Å²) >= 11 is 0. The number of rotatable bonds is 3. The molecule has 0 atom stereocenters. The first kappa shape index (κ1) is 18.5. The van der Waals surface area contributed by atoms with Gasteiger partial charge in [-0.15, -0.1) is 0 Å². The van der Waals surface area contributed by atoms with Gasteiger partial charge >= 0.3 is 0 Å². The number of para-hydroxylation sites is 2. The van der Waals surface area contributed by atoms with E-state index < -0.39 is 8.32 Å². The van der Waals surface area contributed by atoms with Crippen LogP contribution in [-0.2, 0) is 0 Å². The number of H-pyrrole nitrogens is 2. The second-order valence-corrected chi connectivity index (χ2v) is 13.5. The van der Waals surface area contributed by atoms with Crippen LogP contribution in [0.25, 0.3) is 33.3 Å². The van der Waals surface area contributed by atoms with Gasteiger partial charge in [-0.25, -0.2) is 4.98 Å². The molecule has 6 heteroatoms. The predicted octanol–water partition coefficient (Wildman–Crippen LogP) is 5.46. The fourth-order valence-electron chi connectivity index (χ4n) is 2.96. The molecule has 0 saturated heterocycles. The largest absolute Gasteiger partial charge is 0.543 e. The number of fused-ring (bicyclic) bond motifs is 2. The first-order valence-corrected chi connectivity index (χ1v) is 12.4. The van der Waals surface area contributed by atoms with Crippen molar-refractivity contribution < 1.29 is 4.43 Å². The summed E-state index contributed by atoms with van der Waals surface area (Å²) in [6.45, 7) is 11.1. The van der Waals surface area contributed by atoms with Crippen LogP contribution in [0.1, 0.15) is 20.8 Å². The summed E-state index contributed by atoms with van der Waals surface area (Å²) in [6, 6.07) is 15.5. The summed E-state index contributed by atoms with van der Waals surface area (Å²) in [5, 5.41) is 1.13. The molecule has 5 nitrogen and oxygen atoms in total. The van der Waals surface area contributed by atoms with Gasteiger partial charge in [-0.2, -0.15) is 0 Å². The lowest BCUT2D eigenvalue weighted by Gasteiger charge is -2.36. The molecule has 2 aromatic carbocycles. The number of nitrogens with one attached hydrogen (secondary N) is 2. The number of benzene rings is 2. The van der Waals surface area contributed by atoms with Gasteiger partial charge in [0.25, 0.3) is 5.56 Å². The van der Waals surface area contributed by atoms with Crippen LogP contribution in [-0.4, -0.2) is 23.3 Å². The highest BCUT2D eigenvalue weighted by molar-refractivity contribution is 6.74. The van der Waals surface area contributed by atoms with Crippen LogP contribution in [0.3, 0.4) is 0 Å². The van der Waals surface area contributed by atoms with Crippen LogP contribution in [0.15, 0.2) is 53.3 Å². The third kappa shape index (κ3) is 3.24. The fourth-order valence-corrected chi connectivity index (χ4v) is 3.98. The van der Waals surface area contributed by atoms with Gasteiger partial charge in [-0.1, -0.05) is 32.9 Å². The van der Waals surface area contributed by atoms with Crippen molar-refractivity contribution in [2.75, 3.05) is 0 Å². The van der Waals surface area contributed by atoms with E-state index >= 15 is 0 Å². The minimum absolute atomic E-state index is 0.133. The molecule has 0 spiro atoms. The molecular weight excluding hydrogens is 366 g/mol. The number of aromatic amines is 2. The standard InChI is InChI=1S/C22H25N3O2Si/c1-22(2,3)28(4,5)27-15-10-11-16-14(12-15)13-19(23-16)20-21(26)25-18-9-7-6-8-17(18)24-20/h6-13,23H,1-5H3,(H,25,26). The van der Waals surface area contributed by atoms with Gasteiger partial charge in [0.1, 0.15) is 5.75 Å². The van der Waals surface area contributed by atoms with Crippen LogP contribution in [0.5, 0.6) is 5.75 Å². The highest BCUT2D eigenvalue weighted by Crippen LogP contribution is 2.38. The van der Waals surface area contributed by atoms with Crippen molar-refractivity contribution in [3.8, 4) is 17.1 Å². The Hall–Kier alpha value is -2.86. The second kappa shape index (κ2) is 6.34. The lowest BCUT2D eigenvalue weighted by atomic mass is 10.2. The minimum Gasteiger partial charge on any atom is -0.543 e. The van der Waals surface area contributed by atoms with E-state index in [1.54, 1.807) is 0 Å². The monoisotopic (exact) mass is 391 g/mol. The van der Waals surface area contributed by atoms with Gasteiger partial charge in [-0.3, -0.25) is 4.79 Å². The van der Waals surface area contributed by atoms with E-state index in [1.165, 1.54) is 0 Å². The van der Waals surface area contributed by atoms with Crippen molar-refractivity contribution in [1.82, 2.24) is 15.0 Å². The van der Waals surface area contributed by atoms with Crippen molar-refractivity contribution in [2.45, 2.75) is 38.9 Å². The molecular formula is C22H25N3O2Si. The number of hydrogen-bond donors (Lipinski definition) is 2. The average Bonchev–Trinajstić information content (AvgIpc) is 3.02. The van der Waals surface area contributed by atoms with E-state index in [2.05, 4.69) is 48.8 Å². The van der Waals surface area contributed by atoms with Gasteiger partial charge in [0.15, 0.2) is 5.69 Å². The Kier molecular flexibility index (Phi) is 4.19. The number of hydrogen-bond acceptors (Lipinski definition) is 3. The molecule has 0 bridgehead atoms. The Balaban J connectivity index is 1.75. The van der Waals surface area contributed by atoms with Gasteiger partial charge in [0.2, 0.25) is 8.32 Å². The molecule has 0 aliphatic carbocycles. The lowest BCUT2D eigenvalue weighted by molar-refractivity contribution is 0.493. The molecule has 0 amide bonds. The van der Waals surface area contributed by atoms with E-state index in [0.717, 1.165) is 27.7 Å². The Morgan fingerprint density at radius 1 is 0.964 bits per heavy atom. The SMILES string of the molecule is CC(C)(C)[Si](C)(C)Oc1ccc2[nH]c(-c3nc4ccccc4[nH]c3=O)cc2c1. The molecule has 144 valence electrons. The molecule has 0 fully saturated rings. The zero-order valence-electron chi connectivity index (χ0n) is 16.9. The van der Waals surface area contributed by atoms with Crippen molar-refractivity contribution >= 4 is 30.3 Å². The first-order valence-electron chi connectivity index (χ1n) is 9.45. The summed E-state index contributed by atoms with van der Waals surface area (Å²) in [5.74, 6) is 0.866. The third-order valence-electron chi connectivity index (χ3n) is 5.63. The molecule has 2 heterocycles. The van der Waals surface area contributed by atoms with Crippen LogP contribution < -0.4 is 9.99 Å². The Morgan fingerprint density at radius 3 is 2.46 bits per heavy atom. The predicted molar refractivity (Wildman–Crippen MR) is 117 cm³/mol. The molecule has 2 aromatic heterocycles. The van der Waals surface area contributed by atoms with Crippen molar-refractivity contribution in [3.05, 3.63) is 58.9 Å². The Bertz CT molecular complexity index is 1230. The number of nitrogens with zero attached hydrogens (tertiary/aromatic N) is 1. The van der Waals surface area contributed by atoms with Crippen LogP contribution in [0, 0.1) is 0 Å². The maximum absolute atomic E-state index is 12.5. The number of aromatic nitrogens is 3. The highest BCUT2D eigenvalue weighted by atomic mass is 28.4. The lowest BCUT2D eigenvalue weighted by Crippen LogP contribution is -2.43. The van der Waals surface area contributed by atoms with Gasteiger partial charge in [0.05, 0.1) is 16.7 Å². The van der Waals surface area contributed by atoms with Gasteiger partial charge in [-0.05, 0) is 54.5 Å². The van der Waals surface area contributed by atoms with Crippen LogP contribution in [0.2, 0.25) is 18.1 Å². The topological polar surface area (TPSA) is 70.8 Å². The smallest absolute Gasteiger partial charge is 0.276 e. The van der Waals surface area contributed by atoms with E-state index in [9.17, 15) is 4.79 Å². The highest BCUT2D eigenvalue weighted by Gasteiger charge is 2.39. The maximum Gasteiger partial charge on any atom is 0.276 e. The van der Waals surface area contributed by atoms with Crippen molar-refractivity contribution in [1.29, 1.82) is 0 Å². The van der Waals surface area contributed by atoms with Crippen molar-refractivity contribution in [2.24, 2.45) is 0 Å². The minimum atomic E-state index is -1.91. The van der Waals surface area contributed by atoms with Gasteiger partial charge < -0.3 is 14.4 Å². The molecule has 0 aliphatic heterocycles. The van der Waals surface area contributed by atoms with Crippen LogP contribution in [0.4, 0.5) is 0 Å². The summed E-state index contributed by atoms with van der Waals surface area (Å²) < 4.78 is 6.41. The molecule has 2 N–H and O–H groups in total. The Labute approximate surface area is 164 Å².